The second kappa shape index (κ2) is 6.98. The highest BCUT2D eigenvalue weighted by molar-refractivity contribution is 7.86. The number of hydrogen-bond acceptors (Lipinski definition) is 4. The molecule has 1 heterocycles. The van der Waals surface area contributed by atoms with E-state index in [0.29, 0.717) is 39.3 Å². The molecule has 0 aromatic carbocycles. The first kappa shape index (κ1) is 13.6. The fraction of sp³-hybridized carbons (Fsp3) is 0.900. The lowest BCUT2D eigenvalue weighted by atomic mass is 10.3. The lowest BCUT2D eigenvalue weighted by Crippen LogP contribution is -2.43. The molecular formula is C10H20N2O3S. The van der Waals surface area contributed by atoms with Crippen molar-refractivity contribution in [3.05, 3.63) is 0 Å². The van der Waals surface area contributed by atoms with Gasteiger partial charge in [-0.2, -0.15) is 0 Å². The predicted octanol–water partition coefficient (Wildman–Crippen LogP) is -0.669. The summed E-state index contributed by atoms with van der Waals surface area (Å²) in [6.07, 6.45) is 0.697. The molecule has 1 rings (SSSR count). The largest absolute Gasteiger partial charge is 0.378 e. The van der Waals surface area contributed by atoms with Crippen molar-refractivity contribution in [2.75, 3.05) is 38.6 Å². The summed E-state index contributed by atoms with van der Waals surface area (Å²) in [5.41, 5.74) is 5.39. The fourth-order valence-electron chi connectivity index (χ4n) is 1.53. The molecule has 2 unspecified atom stereocenters. The third-order valence-electron chi connectivity index (χ3n) is 2.65. The lowest BCUT2D eigenvalue weighted by Gasteiger charge is -2.27. The summed E-state index contributed by atoms with van der Waals surface area (Å²) < 4.78 is 16.9. The summed E-state index contributed by atoms with van der Waals surface area (Å²) in [6.45, 7) is 4.77. The standard InChI is InChI=1S/C10H20N2O3S/c1-9(2-3-11)16(14)8-10(13)12-4-6-15-7-5-12/h9H,2-8,11H2,1H3. The minimum absolute atomic E-state index is 0.00464. The molecule has 16 heavy (non-hydrogen) atoms. The van der Waals surface area contributed by atoms with E-state index in [0.717, 1.165) is 0 Å². The highest BCUT2D eigenvalue weighted by Crippen LogP contribution is 2.04. The molecule has 0 aromatic heterocycles. The molecular weight excluding hydrogens is 228 g/mol. The van der Waals surface area contributed by atoms with E-state index in [2.05, 4.69) is 0 Å². The van der Waals surface area contributed by atoms with Crippen LogP contribution in [0, 0.1) is 0 Å². The molecule has 1 amide bonds. The quantitative estimate of drug-likeness (QED) is 0.700. The Labute approximate surface area is 98.8 Å². The van der Waals surface area contributed by atoms with E-state index in [1.807, 2.05) is 6.92 Å². The van der Waals surface area contributed by atoms with Crippen molar-refractivity contribution >= 4 is 16.7 Å². The number of nitrogens with two attached hydrogens (primary N) is 1. The third-order valence-corrected chi connectivity index (χ3v) is 4.32. The fourth-order valence-corrected chi connectivity index (χ4v) is 2.64. The predicted molar refractivity (Wildman–Crippen MR) is 63.5 cm³/mol. The van der Waals surface area contributed by atoms with Crippen LogP contribution in [-0.2, 0) is 20.3 Å². The van der Waals surface area contributed by atoms with Crippen LogP contribution in [0.5, 0.6) is 0 Å². The van der Waals surface area contributed by atoms with Gasteiger partial charge < -0.3 is 15.4 Å². The molecule has 1 fully saturated rings. The van der Waals surface area contributed by atoms with E-state index < -0.39 is 10.8 Å². The molecule has 0 radical (unpaired) electrons. The molecule has 94 valence electrons. The minimum Gasteiger partial charge on any atom is -0.378 e. The second-order valence-electron chi connectivity index (χ2n) is 3.91. The molecule has 1 aliphatic rings. The average molecular weight is 248 g/mol. The van der Waals surface area contributed by atoms with Crippen molar-refractivity contribution < 1.29 is 13.7 Å². The Balaban J connectivity index is 2.34. The van der Waals surface area contributed by atoms with Crippen LogP contribution in [-0.4, -0.2) is 58.9 Å². The monoisotopic (exact) mass is 248 g/mol. The van der Waals surface area contributed by atoms with E-state index in [4.69, 9.17) is 10.5 Å². The summed E-state index contributed by atoms with van der Waals surface area (Å²) in [5, 5.41) is -0.00464. The van der Waals surface area contributed by atoms with E-state index in [1.54, 1.807) is 4.90 Å². The van der Waals surface area contributed by atoms with Crippen molar-refractivity contribution in [3.63, 3.8) is 0 Å². The highest BCUT2D eigenvalue weighted by Gasteiger charge is 2.21. The number of amides is 1. The maximum absolute atomic E-state index is 11.8. The molecule has 5 nitrogen and oxygen atoms in total. The van der Waals surface area contributed by atoms with Gasteiger partial charge in [-0.15, -0.1) is 0 Å². The molecule has 0 spiro atoms. The third kappa shape index (κ3) is 4.19. The van der Waals surface area contributed by atoms with Gasteiger partial charge in [0.15, 0.2) is 0 Å². The van der Waals surface area contributed by atoms with Crippen molar-refractivity contribution in [2.45, 2.75) is 18.6 Å². The summed E-state index contributed by atoms with van der Waals surface area (Å²) in [4.78, 5) is 13.5. The smallest absolute Gasteiger partial charge is 0.235 e. The Morgan fingerprint density at radius 3 is 2.69 bits per heavy atom. The van der Waals surface area contributed by atoms with Gasteiger partial charge in [0.1, 0.15) is 5.75 Å². The molecule has 1 saturated heterocycles. The first-order valence-electron chi connectivity index (χ1n) is 5.58. The number of carbonyl (C=O) groups is 1. The topological polar surface area (TPSA) is 72.6 Å². The van der Waals surface area contributed by atoms with Crippen LogP contribution in [0.15, 0.2) is 0 Å². The molecule has 2 N–H and O–H groups in total. The summed E-state index contributed by atoms with van der Waals surface area (Å²) >= 11 is 0. The Kier molecular flexibility index (Phi) is 5.94. The maximum atomic E-state index is 11.8. The van der Waals surface area contributed by atoms with Gasteiger partial charge in [0.25, 0.3) is 0 Å². The zero-order valence-corrected chi connectivity index (χ0v) is 10.5. The van der Waals surface area contributed by atoms with E-state index in [9.17, 15) is 9.00 Å². The van der Waals surface area contributed by atoms with Crippen molar-refractivity contribution in [1.82, 2.24) is 4.90 Å². The normalized spacial score (nSPS) is 20.5. The lowest BCUT2D eigenvalue weighted by molar-refractivity contribution is -0.132. The van der Waals surface area contributed by atoms with Crippen molar-refractivity contribution in [1.29, 1.82) is 0 Å². The molecule has 0 saturated carbocycles. The first-order valence-corrected chi connectivity index (χ1v) is 6.96. The van der Waals surface area contributed by atoms with Gasteiger partial charge >= 0.3 is 0 Å². The second-order valence-corrected chi connectivity index (χ2v) is 5.76. The van der Waals surface area contributed by atoms with E-state index in [-0.39, 0.29) is 16.9 Å². The zero-order chi connectivity index (χ0) is 12.0. The van der Waals surface area contributed by atoms with Gasteiger partial charge in [-0.25, -0.2) is 0 Å². The van der Waals surface area contributed by atoms with Crippen LogP contribution in [0.25, 0.3) is 0 Å². The van der Waals surface area contributed by atoms with Crippen molar-refractivity contribution in [2.24, 2.45) is 5.73 Å². The number of nitrogens with zero attached hydrogens (tertiary/aromatic N) is 1. The van der Waals surface area contributed by atoms with E-state index >= 15 is 0 Å². The number of morpholine rings is 1. The summed E-state index contributed by atoms with van der Waals surface area (Å²) in [7, 11) is -1.11. The molecule has 0 aliphatic carbocycles. The van der Waals surface area contributed by atoms with E-state index in [1.165, 1.54) is 0 Å². The summed E-state index contributed by atoms with van der Waals surface area (Å²) in [5.74, 6) is 0.0757. The molecule has 1 aliphatic heterocycles. The number of ether oxygens (including phenoxy) is 1. The SMILES string of the molecule is CC(CCN)S(=O)CC(=O)N1CCOCC1. The highest BCUT2D eigenvalue weighted by atomic mass is 32.2. The maximum Gasteiger partial charge on any atom is 0.235 e. The van der Waals surface area contributed by atoms with Gasteiger partial charge in [0.05, 0.1) is 13.2 Å². The van der Waals surface area contributed by atoms with Crippen LogP contribution in [0.4, 0.5) is 0 Å². The van der Waals surface area contributed by atoms with Crippen molar-refractivity contribution in [3.8, 4) is 0 Å². The first-order chi connectivity index (χ1) is 7.65. The van der Waals surface area contributed by atoms with Crippen LogP contribution >= 0.6 is 0 Å². The minimum atomic E-state index is -1.11. The van der Waals surface area contributed by atoms with Crippen LogP contribution in [0.3, 0.4) is 0 Å². The Hall–Kier alpha value is -0.460. The van der Waals surface area contributed by atoms with Gasteiger partial charge in [0.2, 0.25) is 5.91 Å². The number of hydrogen-bond donors (Lipinski definition) is 1. The van der Waals surface area contributed by atoms with Crippen LogP contribution < -0.4 is 5.73 Å². The number of rotatable bonds is 5. The molecule has 2 atom stereocenters. The van der Waals surface area contributed by atoms with Gasteiger partial charge in [-0.3, -0.25) is 9.00 Å². The zero-order valence-electron chi connectivity index (χ0n) is 9.68. The van der Waals surface area contributed by atoms with Gasteiger partial charge in [0, 0.05) is 29.1 Å². The molecule has 0 aromatic rings. The molecule has 6 heteroatoms. The van der Waals surface area contributed by atoms with Gasteiger partial charge in [-0.1, -0.05) is 6.92 Å². The number of carbonyl (C=O) groups excluding carboxylic acids is 1. The van der Waals surface area contributed by atoms with Crippen LogP contribution in [0.1, 0.15) is 13.3 Å². The van der Waals surface area contributed by atoms with Crippen LogP contribution in [0.2, 0.25) is 0 Å². The Morgan fingerprint density at radius 1 is 1.50 bits per heavy atom. The Bertz CT molecular complexity index is 254. The van der Waals surface area contributed by atoms with Gasteiger partial charge in [-0.05, 0) is 13.0 Å². The average Bonchev–Trinajstić information content (AvgIpc) is 2.30. The molecule has 0 bridgehead atoms. The Morgan fingerprint density at radius 2 is 2.12 bits per heavy atom. The summed E-state index contributed by atoms with van der Waals surface area (Å²) in [6, 6.07) is 0.